The van der Waals surface area contributed by atoms with Gasteiger partial charge < -0.3 is 10.2 Å². The number of hydrogen-bond donors (Lipinski definition) is 1. The van der Waals surface area contributed by atoms with E-state index < -0.39 is 5.92 Å². The first-order chi connectivity index (χ1) is 6.53. The molecule has 0 aromatic carbocycles. The molecule has 0 radical (unpaired) electrons. The van der Waals surface area contributed by atoms with E-state index in [1.54, 1.807) is 19.0 Å². The van der Waals surface area contributed by atoms with Gasteiger partial charge in [0, 0.05) is 6.54 Å². The topological polar surface area (TPSA) is 15.3 Å². The zero-order chi connectivity index (χ0) is 10.6. The zero-order valence-electron chi connectivity index (χ0n) is 8.72. The standard InChI is InChI=1S/C9H18F2N2S/c1-12-6-9(10,11)7-13(2)3-8-4-14-5-8/h8,12H,3-7H2,1-2H3. The summed E-state index contributed by atoms with van der Waals surface area (Å²) < 4.78 is 26.3. The van der Waals surface area contributed by atoms with Crippen LogP contribution >= 0.6 is 11.8 Å². The van der Waals surface area contributed by atoms with Gasteiger partial charge in [0.1, 0.15) is 0 Å². The molecule has 84 valence electrons. The Morgan fingerprint density at radius 1 is 1.50 bits per heavy atom. The van der Waals surface area contributed by atoms with Crippen LogP contribution in [0.2, 0.25) is 0 Å². The van der Waals surface area contributed by atoms with E-state index in [-0.39, 0.29) is 13.1 Å². The van der Waals surface area contributed by atoms with Crippen LogP contribution in [0.1, 0.15) is 0 Å². The van der Waals surface area contributed by atoms with Crippen molar-refractivity contribution in [3.8, 4) is 0 Å². The second-order valence-corrected chi connectivity index (χ2v) is 5.06. The number of thioether (sulfide) groups is 1. The van der Waals surface area contributed by atoms with Crippen LogP contribution in [0.15, 0.2) is 0 Å². The van der Waals surface area contributed by atoms with E-state index in [9.17, 15) is 8.78 Å². The maximum atomic E-state index is 13.1. The largest absolute Gasteiger partial charge is 0.314 e. The van der Waals surface area contributed by atoms with Crippen LogP contribution in [0.5, 0.6) is 0 Å². The highest BCUT2D eigenvalue weighted by molar-refractivity contribution is 8.00. The Morgan fingerprint density at radius 2 is 2.14 bits per heavy atom. The van der Waals surface area contributed by atoms with E-state index in [1.165, 1.54) is 0 Å². The number of rotatable bonds is 6. The minimum absolute atomic E-state index is 0.144. The molecule has 0 aromatic heterocycles. The van der Waals surface area contributed by atoms with Crippen molar-refractivity contribution in [1.82, 2.24) is 10.2 Å². The van der Waals surface area contributed by atoms with E-state index in [4.69, 9.17) is 0 Å². The van der Waals surface area contributed by atoms with Gasteiger partial charge in [-0.25, -0.2) is 8.78 Å². The minimum Gasteiger partial charge on any atom is -0.314 e. The van der Waals surface area contributed by atoms with Crippen LogP contribution < -0.4 is 5.32 Å². The van der Waals surface area contributed by atoms with Gasteiger partial charge in [-0.1, -0.05) is 0 Å². The van der Waals surface area contributed by atoms with Gasteiger partial charge in [-0.2, -0.15) is 11.8 Å². The molecule has 5 heteroatoms. The Kier molecular flexibility index (Phi) is 4.60. The van der Waals surface area contributed by atoms with Gasteiger partial charge in [0.2, 0.25) is 0 Å². The van der Waals surface area contributed by atoms with Crippen molar-refractivity contribution in [3.63, 3.8) is 0 Å². The highest BCUT2D eigenvalue weighted by atomic mass is 32.2. The van der Waals surface area contributed by atoms with Crippen molar-refractivity contribution in [1.29, 1.82) is 0 Å². The van der Waals surface area contributed by atoms with E-state index in [2.05, 4.69) is 5.32 Å². The first kappa shape index (κ1) is 12.2. The van der Waals surface area contributed by atoms with Crippen LogP contribution in [-0.4, -0.2) is 56.1 Å². The van der Waals surface area contributed by atoms with E-state index in [1.807, 2.05) is 11.8 Å². The Hall–Kier alpha value is 0.130. The number of nitrogens with one attached hydrogen (secondary N) is 1. The van der Waals surface area contributed by atoms with Gasteiger partial charge in [-0.15, -0.1) is 0 Å². The fourth-order valence-electron chi connectivity index (χ4n) is 1.60. The molecule has 1 N–H and O–H groups in total. The lowest BCUT2D eigenvalue weighted by Gasteiger charge is -2.31. The Morgan fingerprint density at radius 3 is 2.57 bits per heavy atom. The summed E-state index contributed by atoms with van der Waals surface area (Å²) >= 11 is 1.89. The smallest absolute Gasteiger partial charge is 0.272 e. The van der Waals surface area contributed by atoms with Crippen LogP contribution in [0.25, 0.3) is 0 Å². The molecule has 0 amide bonds. The predicted molar refractivity (Wildman–Crippen MR) is 57.2 cm³/mol. The minimum atomic E-state index is -2.61. The molecule has 1 rings (SSSR count). The molecular formula is C9H18F2N2S. The van der Waals surface area contributed by atoms with Gasteiger partial charge in [0.15, 0.2) is 0 Å². The summed E-state index contributed by atoms with van der Waals surface area (Å²) in [6.07, 6.45) is 0. The molecule has 14 heavy (non-hydrogen) atoms. The fourth-order valence-corrected chi connectivity index (χ4v) is 2.38. The van der Waals surface area contributed by atoms with Crippen LogP contribution in [0.3, 0.4) is 0 Å². The molecule has 1 saturated heterocycles. The van der Waals surface area contributed by atoms with Crippen molar-refractivity contribution >= 4 is 11.8 Å². The summed E-state index contributed by atoms with van der Waals surface area (Å²) in [5, 5.41) is 2.51. The van der Waals surface area contributed by atoms with E-state index >= 15 is 0 Å². The molecule has 1 heterocycles. The van der Waals surface area contributed by atoms with Gasteiger partial charge in [0.25, 0.3) is 5.92 Å². The molecule has 0 spiro atoms. The highest BCUT2D eigenvalue weighted by Crippen LogP contribution is 2.25. The zero-order valence-corrected chi connectivity index (χ0v) is 9.54. The van der Waals surface area contributed by atoms with Gasteiger partial charge in [-0.05, 0) is 31.5 Å². The summed E-state index contributed by atoms with van der Waals surface area (Å²) in [5.74, 6) is 0.264. The average molecular weight is 224 g/mol. The van der Waals surface area contributed by atoms with Gasteiger partial charge in [-0.3, -0.25) is 0 Å². The molecular weight excluding hydrogens is 206 g/mol. The van der Waals surface area contributed by atoms with Crippen LogP contribution in [-0.2, 0) is 0 Å². The van der Waals surface area contributed by atoms with Crippen molar-refractivity contribution in [2.75, 3.05) is 45.2 Å². The summed E-state index contributed by atoms with van der Waals surface area (Å²) in [6.45, 7) is 0.415. The number of alkyl halides is 2. The molecule has 0 bridgehead atoms. The second-order valence-electron chi connectivity index (χ2n) is 3.99. The first-order valence-corrected chi connectivity index (χ1v) is 5.98. The Bertz CT molecular complexity index is 174. The summed E-state index contributed by atoms with van der Waals surface area (Å²) in [4.78, 5) is 1.74. The number of nitrogens with zero attached hydrogens (tertiary/aromatic N) is 1. The van der Waals surface area contributed by atoms with Crippen LogP contribution in [0, 0.1) is 5.92 Å². The summed E-state index contributed by atoms with van der Waals surface area (Å²) in [6, 6.07) is 0. The average Bonchev–Trinajstić information content (AvgIpc) is 1.95. The van der Waals surface area contributed by atoms with Crippen molar-refractivity contribution in [2.45, 2.75) is 5.92 Å². The Labute approximate surface area is 88.4 Å². The lowest BCUT2D eigenvalue weighted by atomic mass is 10.2. The van der Waals surface area contributed by atoms with Crippen molar-refractivity contribution in [3.05, 3.63) is 0 Å². The first-order valence-electron chi connectivity index (χ1n) is 4.82. The normalized spacial score (nSPS) is 18.6. The molecule has 0 unspecified atom stereocenters. The third kappa shape index (κ3) is 4.11. The van der Waals surface area contributed by atoms with Crippen molar-refractivity contribution < 1.29 is 8.78 Å². The highest BCUT2D eigenvalue weighted by Gasteiger charge is 2.31. The molecule has 0 aromatic rings. The monoisotopic (exact) mass is 224 g/mol. The van der Waals surface area contributed by atoms with E-state index in [0.717, 1.165) is 18.1 Å². The van der Waals surface area contributed by atoms with Gasteiger partial charge >= 0.3 is 0 Å². The summed E-state index contributed by atoms with van der Waals surface area (Å²) in [7, 11) is 3.32. The maximum absolute atomic E-state index is 13.1. The van der Waals surface area contributed by atoms with E-state index in [0.29, 0.717) is 5.92 Å². The summed E-state index contributed by atoms with van der Waals surface area (Å²) in [5.41, 5.74) is 0. The molecule has 1 aliphatic rings. The number of halogens is 2. The van der Waals surface area contributed by atoms with Crippen LogP contribution in [0.4, 0.5) is 8.78 Å². The Balaban J connectivity index is 2.20. The molecule has 1 fully saturated rings. The molecule has 1 aliphatic heterocycles. The van der Waals surface area contributed by atoms with Gasteiger partial charge in [0.05, 0.1) is 13.1 Å². The third-order valence-electron chi connectivity index (χ3n) is 2.21. The molecule has 2 nitrogen and oxygen atoms in total. The fraction of sp³-hybridized carbons (Fsp3) is 1.00. The third-order valence-corrected chi connectivity index (χ3v) is 3.63. The SMILES string of the molecule is CNCC(F)(F)CN(C)CC1CSC1. The lowest BCUT2D eigenvalue weighted by Crippen LogP contribution is -2.44. The predicted octanol–water partition coefficient (Wildman–Crippen LogP) is 1.14. The molecule has 0 atom stereocenters. The number of hydrogen-bond acceptors (Lipinski definition) is 3. The molecule has 0 saturated carbocycles. The van der Waals surface area contributed by atoms with Crippen molar-refractivity contribution in [2.24, 2.45) is 5.92 Å². The molecule has 0 aliphatic carbocycles. The maximum Gasteiger partial charge on any atom is 0.272 e. The lowest BCUT2D eigenvalue weighted by molar-refractivity contribution is -0.0252. The second kappa shape index (κ2) is 5.28. The quantitative estimate of drug-likeness (QED) is 0.728.